The average Bonchev–Trinajstić information content (AvgIpc) is 3.24. The second-order valence-corrected chi connectivity index (χ2v) is 8.33. The van der Waals surface area contributed by atoms with E-state index < -0.39 is 23.6 Å². The Labute approximate surface area is 196 Å². The lowest BCUT2D eigenvalue weighted by atomic mass is 10.0. The maximum atomic E-state index is 13.1. The molecule has 33 heavy (non-hydrogen) atoms. The number of hydrogen-bond acceptors (Lipinski definition) is 9. The Morgan fingerprint density at radius 1 is 1.06 bits per heavy atom. The van der Waals surface area contributed by atoms with Gasteiger partial charge in [-0.25, -0.2) is 14.6 Å². The zero-order valence-electron chi connectivity index (χ0n) is 18.6. The van der Waals surface area contributed by atoms with Gasteiger partial charge >= 0.3 is 11.9 Å². The highest BCUT2D eigenvalue weighted by atomic mass is 32.1. The first-order chi connectivity index (χ1) is 15.8. The van der Waals surface area contributed by atoms with E-state index in [0.29, 0.717) is 0 Å². The van der Waals surface area contributed by atoms with Crippen LogP contribution in [0.15, 0.2) is 71.2 Å². The Morgan fingerprint density at radius 2 is 1.64 bits per heavy atom. The van der Waals surface area contributed by atoms with Gasteiger partial charge < -0.3 is 20.0 Å². The van der Waals surface area contributed by atoms with Crippen LogP contribution < -0.4 is 5.73 Å². The lowest BCUT2D eigenvalue weighted by Crippen LogP contribution is -2.37. The summed E-state index contributed by atoms with van der Waals surface area (Å²) in [7, 11) is 0. The SMILES string of the molecule is CCOC(=O)/C(=N\OC(C)(C)C(=O)OC(c1ccccc1)c1ccccc1)c1csc(N)n1. The highest BCUT2D eigenvalue weighted by Crippen LogP contribution is 2.28. The van der Waals surface area contributed by atoms with E-state index in [1.165, 1.54) is 13.8 Å². The lowest BCUT2D eigenvalue weighted by Gasteiger charge is -2.25. The topological polar surface area (TPSA) is 113 Å². The minimum atomic E-state index is -1.51. The molecule has 0 bridgehead atoms. The standard InChI is InChI=1S/C24H25N3O5S/c1-4-30-21(28)19(18-15-33-23(25)26-18)27-32-24(2,3)22(29)31-20(16-11-7-5-8-12-16)17-13-9-6-10-14-17/h5-15,20H,4H2,1-3H3,(H2,25,26)/b27-19-. The molecule has 0 aliphatic heterocycles. The molecule has 2 N–H and O–H groups in total. The maximum Gasteiger partial charge on any atom is 0.362 e. The van der Waals surface area contributed by atoms with Crippen LogP contribution in [0.25, 0.3) is 0 Å². The average molecular weight is 468 g/mol. The van der Waals surface area contributed by atoms with Gasteiger partial charge in [-0.05, 0) is 31.9 Å². The number of nitrogens with two attached hydrogens (primary N) is 1. The predicted octanol–water partition coefficient (Wildman–Crippen LogP) is 4.12. The number of carbonyl (C=O) groups is 2. The molecule has 1 aromatic heterocycles. The first kappa shape index (κ1) is 23.9. The number of hydrogen-bond donors (Lipinski definition) is 1. The van der Waals surface area contributed by atoms with Crippen LogP contribution >= 0.6 is 11.3 Å². The minimum absolute atomic E-state index is 0.138. The first-order valence-corrected chi connectivity index (χ1v) is 11.2. The van der Waals surface area contributed by atoms with Crippen LogP contribution in [-0.4, -0.2) is 34.8 Å². The third kappa shape index (κ3) is 6.17. The van der Waals surface area contributed by atoms with Crippen LogP contribution in [0.5, 0.6) is 0 Å². The normalized spacial score (nSPS) is 11.8. The smallest absolute Gasteiger partial charge is 0.362 e. The summed E-state index contributed by atoms with van der Waals surface area (Å²) in [5, 5.41) is 5.72. The molecular weight excluding hydrogens is 442 g/mol. The second kappa shape index (κ2) is 10.7. The van der Waals surface area contributed by atoms with Gasteiger partial charge in [-0.1, -0.05) is 65.8 Å². The van der Waals surface area contributed by atoms with E-state index >= 15 is 0 Å². The van der Waals surface area contributed by atoms with E-state index in [-0.39, 0.29) is 23.1 Å². The Kier molecular flexibility index (Phi) is 7.78. The monoisotopic (exact) mass is 467 g/mol. The molecule has 2 aromatic carbocycles. The molecule has 1 heterocycles. The van der Waals surface area contributed by atoms with Gasteiger partial charge in [-0.15, -0.1) is 11.3 Å². The van der Waals surface area contributed by atoms with Gasteiger partial charge in [0.25, 0.3) is 0 Å². The van der Waals surface area contributed by atoms with Crippen molar-refractivity contribution in [3.63, 3.8) is 0 Å². The van der Waals surface area contributed by atoms with Crippen LogP contribution in [0.1, 0.15) is 43.7 Å². The number of aromatic nitrogens is 1. The molecule has 0 spiro atoms. The number of ether oxygens (including phenoxy) is 2. The second-order valence-electron chi connectivity index (χ2n) is 7.44. The Bertz CT molecular complexity index is 1070. The van der Waals surface area contributed by atoms with Crippen molar-refractivity contribution >= 4 is 34.1 Å². The summed E-state index contributed by atoms with van der Waals surface area (Å²) < 4.78 is 10.9. The fourth-order valence-corrected chi connectivity index (χ4v) is 3.36. The fourth-order valence-electron chi connectivity index (χ4n) is 2.81. The van der Waals surface area contributed by atoms with Gasteiger partial charge in [0, 0.05) is 5.38 Å². The van der Waals surface area contributed by atoms with Gasteiger partial charge in [0.2, 0.25) is 11.3 Å². The summed E-state index contributed by atoms with van der Waals surface area (Å²) in [4.78, 5) is 35.0. The number of anilines is 1. The molecule has 0 amide bonds. The van der Waals surface area contributed by atoms with Crippen molar-refractivity contribution in [3.8, 4) is 0 Å². The third-order valence-corrected chi connectivity index (χ3v) is 5.19. The molecule has 3 aromatic rings. The van der Waals surface area contributed by atoms with Crippen molar-refractivity contribution in [1.29, 1.82) is 0 Å². The number of rotatable bonds is 9. The third-order valence-electron chi connectivity index (χ3n) is 4.52. The maximum absolute atomic E-state index is 13.1. The lowest BCUT2D eigenvalue weighted by molar-refractivity contribution is -0.172. The summed E-state index contributed by atoms with van der Waals surface area (Å²) in [6.45, 7) is 4.81. The summed E-state index contributed by atoms with van der Waals surface area (Å²) in [5.41, 5.74) is 5.79. The molecule has 9 heteroatoms. The van der Waals surface area contributed by atoms with Gasteiger partial charge in [0.15, 0.2) is 11.2 Å². The van der Waals surface area contributed by atoms with E-state index in [9.17, 15) is 9.59 Å². The van der Waals surface area contributed by atoms with E-state index in [1.54, 1.807) is 12.3 Å². The summed E-state index contributed by atoms with van der Waals surface area (Å²) in [5.74, 6) is -1.40. The Balaban J connectivity index is 1.84. The van der Waals surface area contributed by atoms with Crippen molar-refractivity contribution in [2.75, 3.05) is 12.3 Å². The molecule has 0 fully saturated rings. The molecular formula is C24H25N3O5S. The van der Waals surface area contributed by atoms with Crippen LogP contribution in [0.4, 0.5) is 5.13 Å². The summed E-state index contributed by atoms with van der Waals surface area (Å²) in [6, 6.07) is 18.8. The highest BCUT2D eigenvalue weighted by molar-refractivity contribution is 7.13. The molecule has 0 radical (unpaired) electrons. The van der Waals surface area contributed by atoms with Crippen LogP contribution in [-0.2, 0) is 23.9 Å². The largest absolute Gasteiger partial charge is 0.461 e. The quantitative estimate of drug-likeness (QED) is 0.286. The van der Waals surface area contributed by atoms with Gasteiger partial charge in [-0.3, -0.25) is 0 Å². The number of thiazole rings is 1. The Hall–Kier alpha value is -3.72. The minimum Gasteiger partial charge on any atom is -0.461 e. The molecule has 172 valence electrons. The molecule has 0 unspecified atom stereocenters. The molecule has 0 saturated carbocycles. The molecule has 3 rings (SSSR count). The number of esters is 2. The highest BCUT2D eigenvalue weighted by Gasteiger charge is 2.36. The van der Waals surface area contributed by atoms with E-state index in [4.69, 9.17) is 20.0 Å². The molecule has 0 atom stereocenters. The van der Waals surface area contributed by atoms with Crippen molar-refractivity contribution < 1.29 is 23.9 Å². The first-order valence-electron chi connectivity index (χ1n) is 10.3. The predicted molar refractivity (Wildman–Crippen MR) is 126 cm³/mol. The van der Waals surface area contributed by atoms with E-state index in [1.807, 2.05) is 60.7 Å². The number of oxime groups is 1. The zero-order valence-corrected chi connectivity index (χ0v) is 19.4. The fraction of sp³-hybridized carbons (Fsp3) is 0.250. The van der Waals surface area contributed by atoms with Gasteiger partial charge in [0.05, 0.1) is 6.61 Å². The van der Waals surface area contributed by atoms with Crippen molar-refractivity contribution in [2.45, 2.75) is 32.5 Å². The summed E-state index contributed by atoms with van der Waals surface area (Å²) >= 11 is 1.14. The molecule has 0 aliphatic rings. The van der Waals surface area contributed by atoms with E-state index in [2.05, 4.69) is 10.1 Å². The number of nitrogen functional groups attached to an aromatic ring is 1. The number of nitrogens with zero attached hydrogens (tertiary/aromatic N) is 2. The van der Waals surface area contributed by atoms with E-state index in [0.717, 1.165) is 22.5 Å². The van der Waals surface area contributed by atoms with Gasteiger partial charge in [-0.2, -0.15) is 0 Å². The summed E-state index contributed by atoms with van der Waals surface area (Å²) in [6.07, 6.45) is -0.644. The van der Waals surface area contributed by atoms with Crippen molar-refractivity contribution in [1.82, 2.24) is 4.98 Å². The van der Waals surface area contributed by atoms with Crippen molar-refractivity contribution in [2.24, 2.45) is 5.16 Å². The van der Waals surface area contributed by atoms with Crippen molar-refractivity contribution in [3.05, 3.63) is 82.9 Å². The number of carbonyl (C=O) groups excluding carboxylic acids is 2. The number of benzene rings is 2. The molecule has 0 aliphatic carbocycles. The van der Waals surface area contributed by atoms with Crippen LogP contribution in [0.2, 0.25) is 0 Å². The Morgan fingerprint density at radius 3 is 2.12 bits per heavy atom. The molecule has 0 saturated heterocycles. The van der Waals surface area contributed by atoms with Gasteiger partial charge in [0.1, 0.15) is 5.69 Å². The van der Waals surface area contributed by atoms with Crippen LogP contribution in [0.3, 0.4) is 0 Å². The zero-order chi connectivity index (χ0) is 23.8. The van der Waals surface area contributed by atoms with Crippen LogP contribution in [0, 0.1) is 0 Å². The molecule has 8 nitrogen and oxygen atoms in total.